The highest BCUT2D eigenvalue weighted by molar-refractivity contribution is 9.10. The number of nitrogens with two attached hydrogens (primary N) is 1. The Labute approximate surface area is 132 Å². The Kier molecular flexibility index (Phi) is 5.59. The molecule has 0 aliphatic carbocycles. The van der Waals surface area contributed by atoms with Crippen LogP contribution in [0.1, 0.15) is 18.5 Å². The maximum absolute atomic E-state index is 13.3. The van der Waals surface area contributed by atoms with E-state index in [0.717, 1.165) is 15.8 Å². The van der Waals surface area contributed by atoms with E-state index in [9.17, 15) is 4.39 Å². The summed E-state index contributed by atoms with van der Waals surface area (Å²) in [5.41, 5.74) is 6.61. The van der Waals surface area contributed by atoms with E-state index in [1.807, 2.05) is 31.2 Å². The van der Waals surface area contributed by atoms with E-state index in [2.05, 4.69) is 15.9 Å². The van der Waals surface area contributed by atoms with Crippen LogP contribution >= 0.6 is 15.9 Å². The number of rotatable bonds is 6. The van der Waals surface area contributed by atoms with Crippen molar-refractivity contribution >= 4 is 15.9 Å². The van der Waals surface area contributed by atoms with Gasteiger partial charge in [0, 0.05) is 22.1 Å². The summed E-state index contributed by atoms with van der Waals surface area (Å²) >= 11 is 3.37. The summed E-state index contributed by atoms with van der Waals surface area (Å²) < 4.78 is 25.4. The van der Waals surface area contributed by atoms with Crippen LogP contribution in [-0.2, 0) is 0 Å². The normalized spacial score (nSPS) is 12.0. The Bertz CT molecular complexity index is 605. The molecule has 112 valence electrons. The molecule has 0 bridgehead atoms. The van der Waals surface area contributed by atoms with Gasteiger partial charge in [0.05, 0.1) is 0 Å². The molecule has 0 saturated heterocycles. The van der Waals surface area contributed by atoms with E-state index in [1.165, 1.54) is 12.1 Å². The van der Waals surface area contributed by atoms with Crippen LogP contribution in [0.4, 0.5) is 4.39 Å². The third-order valence-electron chi connectivity index (χ3n) is 2.87. The van der Waals surface area contributed by atoms with Gasteiger partial charge in [-0.05, 0) is 31.2 Å². The monoisotopic (exact) mass is 353 g/mol. The highest BCUT2D eigenvalue weighted by atomic mass is 79.9. The largest absolute Gasteiger partial charge is 0.490 e. The van der Waals surface area contributed by atoms with Gasteiger partial charge in [-0.1, -0.05) is 28.1 Å². The zero-order valence-electron chi connectivity index (χ0n) is 11.7. The highest BCUT2D eigenvalue weighted by Gasteiger charge is 2.09. The van der Waals surface area contributed by atoms with E-state index in [1.54, 1.807) is 6.07 Å². The van der Waals surface area contributed by atoms with Crippen LogP contribution in [0.5, 0.6) is 11.5 Å². The molecule has 0 heterocycles. The van der Waals surface area contributed by atoms with Gasteiger partial charge in [0.2, 0.25) is 0 Å². The van der Waals surface area contributed by atoms with Gasteiger partial charge in [-0.3, -0.25) is 0 Å². The van der Waals surface area contributed by atoms with Crippen molar-refractivity contribution in [2.75, 3.05) is 13.2 Å². The van der Waals surface area contributed by atoms with E-state index in [-0.39, 0.29) is 11.9 Å². The van der Waals surface area contributed by atoms with Crippen molar-refractivity contribution in [1.82, 2.24) is 0 Å². The first-order valence-electron chi connectivity index (χ1n) is 6.62. The molecule has 2 aromatic carbocycles. The zero-order chi connectivity index (χ0) is 15.2. The molecule has 0 radical (unpaired) electrons. The lowest BCUT2D eigenvalue weighted by molar-refractivity contribution is 0.215. The summed E-state index contributed by atoms with van der Waals surface area (Å²) in [7, 11) is 0. The Morgan fingerprint density at radius 2 is 1.90 bits per heavy atom. The highest BCUT2D eigenvalue weighted by Crippen LogP contribution is 2.25. The van der Waals surface area contributed by atoms with Crippen LogP contribution < -0.4 is 15.2 Å². The van der Waals surface area contributed by atoms with Crippen molar-refractivity contribution in [3.8, 4) is 11.5 Å². The molecular weight excluding hydrogens is 337 g/mol. The molecule has 2 rings (SSSR count). The molecule has 0 aliphatic heterocycles. The number of benzene rings is 2. The summed E-state index contributed by atoms with van der Waals surface area (Å²) in [6.45, 7) is 2.51. The van der Waals surface area contributed by atoms with Gasteiger partial charge in [0.1, 0.15) is 30.5 Å². The lowest BCUT2D eigenvalue weighted by Crippen LogP contribution is -2.13. The van der Waals surface area contributed by atoms with E-state index < -0.39 is 0 Å². The van der Waals surface area contributed by atoms with Gasteiger partial charge in [0.15, 0.2) is 0 Å². The van der Waals surface area contributed by atoms with Gasteiger partial charge in [0.25, 0.3) is 0 Å². The molecule has 0 amide bonds. The van der Waals surface area contributed by atoms with Crippen LogP contribution in [0.15, 0.2) is 46.9 Å². The molecule has 3 nitrogen and oxygen atoms in total. The molecule has 0 unspecified atom stereocenters. The summed E-state index contributed by atoms with van der Waals surface area (Å²) in [6, 6.07) is 11.7. The molecule has 2 aromatic rings. The standard InChI is InChI=1S/C16H17BrFNO2/c1-11(19)15-6-5-13(18)10-16(15)21-8-7-20-14-4-2-3-12(17)9-14/h2-6,9-11H,7-8,19H2,1H3/t11-/m1/s1. The van der Waals surface area contributed by atoms with Crippen LogP contribution in [0.3, 0.4) is 0 Å². The molecule has 0 fully saturated rings. The van der Waals surface area contributed by atoms with Crippen molar-refractivity contribution in [3.05, 3.63) is 58.3 Å². The fourth-order valence-corrected chi connectivity index (χ4v) is 2.26. The Morgan fingerprint density at radius 1 is 1.14 bits per heavy atom. The van der Waals surface area contributed by atoms with Crippen LogP contribution in [-0.4, -0.2) is 13.2 Å². The van der Waals surface area contributed by atoms with Gasteiger partial charge < -0.3 is 15.2 Å². The maximum Gasteiger partial charge on any atom is 0.127 e. The average molecular weight is 354 g/mol. The number of hydrogen-bond donors (Lipinski definition) is 1. The lowest BCUT2D eigenvalue weighted by Gasteiger charge is -2.14. The van der Waals surface area contributed by atoms with Gasteiger partial charge >= 0.3 is 0 Å². The van der Waals surface area contributed by atoms with Crippen molar-refractivity contribution in [1.29, 1.82) is 0 Å². The molecule has 21 heavy (non-hydrogen) atoms. The van der Waals surface area contributed by atoms with Gasteiger partial charge in [-0.15, -0.1) is 0 Å². The molecule has 0 aliphatic rings. The summed E-state index contributed by atoms with van der Waals surface area (Å²) in [5, 5.41) is 0. The zero-order valence-corrected chi connectivity index (χ0v) is 13.3. The topological polar surface area (TPSA) is 44.5 Å². The molecule has 0 saturated carbocycles. The van der Waals surface area contributed by atoms with Crippen molar-refractivity contribution in [2.24, 2.45) is 5.73 Å². The smallest absolute Gasteiger partial charge is 0.127 e. The first kappa shape index (κ1) is 15.8. The van der Waals surface area contributed by atoms with Gasteiger partial charge in [-0.25, -0.2) is 4.39 Å². The second-order valence-electron chi connectivity index (χ2n) is 4.63. The quantitative estimate of drug-likeness (QED) is 0.796. The second-order valence-corrected chi connectivity index (χ2v) is 5.54. The third kappa shape index (κ3) is 4.72. The molecule has 0 aromatic heterocycles. The van der Waals surface area contributed by atoms with E-state index >= 15 is 0 Å². The van der Waals surface area contributed by atoms with Crippen LogP contribution in [0.25, 0.3) is 0 Å². The summed E-state index contributed by atoms with van der Waals surface area (Å²) in [6.07, 6.45) is 0. The number of ether oxygens (including phenoxy) is 2. The van der Waals surface area contributed by atoms with E-state index in [0.29, 0.717) is 19.0 Å². The molecule has 0 spiro atoms. The number of halogens is 2. The Hall–Kier alpha value is -1.59. The summed E-state index contributed by atoms with van der Waals surface area (Å²) in [5.74, 6) is 0.866. The Morgan fingerprint density at radius 3 is 2.62 bits per heavy atom. The van der Waals surface area contributed by atoms with Crippen molar-refractivity contribution in [2.45, 2.75) is 13.0 Å². The van der Waals surface area contributed by atoms with E-state index in [4.69, 9.17) is 15.2 Å². The van der Waals surface area contributed by atoms with Gasteiger partial charge in [-0.2, -0.15) is 0 Å². The van der Waals surface area contributed by atoms with Crippen LogP contribution in [0, 0.1) is 5.82 Å². The summed E-state index contributed by atoms with van der Waals surface area (Å²) in [4.78, 5) is 0. The molecular formula is C16H17BrFNO2. The SMILES string of the molecule is C[C@@H](N)c1ccc(F)cc1OCCOc1cccc(Br)c1. The van der Waals surface area contributed by atoms with Crippen molar-refractivity contribution in [3.63, 3.8) is 0 Å². The minimum atomic E-state index is -0.345. The fraction of sp³-hybridized carbons (Fsp3) is 0.250. The molecule has 2 N–H and O–H groups in total. The maximum atomic E-state index is 13.3. The second kappa shape index (κ2) is 7.43. The lowest BCUT2D eigenvalue weighted by atomic mass is 10.1. The van der Waals surface area contributed by atoms with Crippen LogP contribution in [0.2, 0.25) is 0 Å². The number of hydrogen-bond acceptors (Lipinski definition) is 3. The van der Waals surface area contributed by atoms with Crippen molar-refractivity contribution < 1.29 is 13.9 Å². The Balaban J connectivity index is 1.90. The first-order chi connectivity index (χ1) is 10.1. The molecule has 5 heteroatoms. The predicted molar refractivity (Wildman–Crippen MR) is 84.1 cm³/mol. The minimum absolute atomic E-state index is 0.216. The predicted octanol–water partition coefficient (Wildman–Crippen LogP) is 4.07. The fourth-order valence-electron chi connectivity index (χ4n) is 1.88. The minimum Gasteiger partial charge on any atom is -0.490 e. The average Bonchev–Trinajstić information content (AvgIpc) is 2.43. The molecule has 1 atom stereocenters. The third-order valence-corrected chi connectivity index (χ3v) is 3.37. The first-order valence-corrected chi connectivity index (χ1v) is 7.42.